The second-order valence-corrected chi connectivity index (χ2v) is 9.72. The lowest BCUT2D eigenvalue weighted by Gasteiger charge is -2.07. The molecule has 1 heterocycles. The van der Waals surface area contributed by atoms with Gasteiger partial charge in [-0.05, 0) is 82.2 Å². The van der Waals surface area contributed by atoms with Crippen LogP contribution < -0.4 is 5.32 Å². The van der Waals surface area contributed by atoms with E-state index >= 15 is 0 Å². The van der Waals surface area contributed by atoms with Crippen molar-refractivity contribution >= 4 is 34.2 Å². The number of Topliss-reactive ketones (excluding diaryl/α,β-unsaturated/α-hetero) is 1. The van der Waals surface area contributed by atoms with Crippen LogP contribution in [0.5, 0.6) is 0 Å². The summed E-state index contributed by atoms with van der Waals surface area (Å²) >= 11 is 1.45. The lowest BCUT2D eigenvalue weighted by atomic mass is 10.0. The maximum absolute atomic E-state index is 12.7. The van der Waals surface area contributed by atoms with Gasteiger partial charge in [-0.15, -0.1) is 11.3 Å². The van der Waals surface area contributed by atoms with Gasteiger partial charge in [-0.3, -0.25) is 9.79 Å². The van der Waals surface area contributed by atoms with E-state index in [4.69, 9.17) is 4.74 Å². The fourth-order valence-electron chi connectivity index (χ4n) is 3.46. The molecule has 0 bridgehead atoms. The first kappa shape index (κ1) is 30.4. The normalized spacial score (nSPS) is 12.3. The number of hydrogen-bond acceptors (Lipinski definition) is 6. The van der Waals surface area contributed by atoms with Crippen LogP contribution in [0, 0.1) is 0 Å². The summed E-state index contributed by atoms with van der Waals surface area (Å²) in [7, 11) is 0. The van der Waals surface area contributed by atoms with Gasteiger partial charge in [0.05, 0.1) is 5.56 Å². The quantitative estimate of drug-likeness (QED) is 0.0957. The number of carbonyl (C=O) groups excluding carboxylic acids is 1. The average Bonchev–Trinajstić information content (AvgIpc) is 3.30. The number of aliphatic imine (C=N–C) groups is 1. The Morgan fingerprint density at radius 3 is 2.54 bits per heavy atom. The van der Waals surface area contributed by atoms with Gasteiger partial charge in [0, 0.05) is 42.6 Å². The Labute approximate surface area is 221 Å². The molecule has 0 fully saturated rings. The first-order chi connectivity index (χ1) is 17.7. The molecule has 0 spiro atoms. The van der Waals surface area contributed by atoms with Crippen molar-refractivity contribution in [3.63, 3.8) is 0 Å². The number of nitrogens with zero attached hydrogens (tertiary/aromatic N) is 2. The Balaban J connectivity index is 1.75. The molecule has 0 atom stereocenters. The number of rotatable bonds is 17. The van der Waals surface area contributed by atoms with E-state index < -0.39 is 11.7 Å². The number of unbranched alkanes of at least 4 members (excludes halogenated alkanes) is 2. The first-order valence-corrected chi connectivity index (χ1v) is 13.4. The molecule has 1 N–H and O–H groups in total. The molecule has 9 heteroatoms. The second-order valence-electron chi connectivity index (χ2n) is 8.61. The lowest BCUT2D eigenvalue weighted by Crippen LogP contribution is -2.04. The van der Waals surface area contributed by atoms with Crippen molar-refractivity contribution in [2.24, 2.45) is 4.99 Å². The Hall–Kier alpha value is -2.78. The van der Waals surface area contributed by atoms with Crippen molar-refractivity contribution in [1.82, 2.24) is 4.98 Å². The highest BCUT2D eigenvalue weighted by Gasteiger charge is 2.29. The summed E-state index contributed by atoms with van der Waals surface area (Å²) in [6, 6.07) is 4.85. The van der Waals surface area contributed by atoms with Gasteiger partial charge >= 0.3 is 6.18 Å². The number of anilines is 2. The van der Waals surface area contributed by atoms with Crippen LogP contribution in [0.2, 0.25) is 0 Å². The molecule has 0 saturated carbocycles. The molecule has 0 saturated heterocycles. The molecule has 202 valence electrons. The summed E-state index contributed by atoms with van der Waals surface area (Å²) in [5.74, 6) is -0.000469. The number of benzene rings is 1. The zero-order valence-corrected chi connectivity index (χ0v) is 22.4. The van der Waals surface area contributed by atoms with Crippen LogP contribution in [0.4, 0.5) is 24.0 Å². The number of thiazole rings is 1. The molecule has 37 heavy (non-hydrogen) atoms. The molecule has 2 rings (SSSR count). The van der Waals surface area contributed by atoms with Crippen molar-refractivity contribution in [1.29, 1.82) is 0 Å². The Morgan fingerprint density at radius 1 is 1.14 bits per heavy atom. The Kier molecular flexibility index (Phi) is 13.3. The average molecular weight is 536 g/mol. The molecule has 0 aliphatic rings. The number of ketones is 1. The molecule has 0 unspecified atom stereocenters. The summed E-state index contributed by atoms with van der Waals surface area (Å²) < 4.78 is 43.6. The highest BCUT2D eigenvalue weighted by atomic mass is 32.1. The van der Waals surface area contributed by atoms with E-state index in [1.54, 1.807) is 25.4 Å². The van der Waals surface area contributed by atoms with Crippen molar-refractivity contribution in [3.8, 4) is 0 Å². The van der Waals surface area contributed by atoms with Crippen LogP contribution >= 0.6 is 11.3 Å². The van der Waals surface area contributed by atoms with Gasteiger partial charge in [0.2, 0.25) is 0 Å². The maximum atomic E-state index is 12.7. The third-order valence-corrected chi connectivity index (χ3v) is 6.35. The first-order valence-electron chi connectivity index (χ1n) is 12.6. The van der Waals surface area contributed by atoms with Gasteiger partial charge in [-0.2, -0.15) is 13.2 Å². The van der Waals surface area contributed by atoms with E-state index in [1.807, 2.05) is 0 Å². The third kappa shape index (κ3) is 11.9. The Bertz CT molecular complexity index is 1040. The zero-order valence-electron chi connectivity index (χ0n) is 21.6. The summed E-state index contributed by atoms with van der Waals surface area (Å²) in [4.78, 5) is 22.3. The van der Waals surface area contributed by atoms with Crippen molar-refractivity contribution in [2.45, 2.75) is 71.4 Å². The van der Waals surface area contributed by atoms with Gasteiger partial charge < -0.3 is 10.1 Å². The van der Waals surface area contributed by atoms with Gasteiger partial charge in [-0.1, -0.05) is 19.1 Å². The van der Waals surface area contributed by atoms with Gasteiger partial charge in [0.1, 0.15) is 5.70 Å². The van der Waals surface area contributed by atoms with E-state index in [-0.39, 0.29) is 5.78 Å². The predicted octanol–water partition coefficient (Wildman–Crippen LogP) is 8.32. The number of aryl methyl sites for hydroxylation is 1. The molecule has 0 amide bonds. The van der Waals surface area contributed by atoms with Crippen LogP contribution in [0.3, 0.4) is 0 Å². The second kappa shape index (κ2) is 16.1. The highest BCUT2D eigenvalue weighted by Crippen LogP contribution is 2.31. The topological polar surface area (TPSA) is 63.6 Å². The van der Waals surface area contributed by atoms with Gasteiger partial charge in [0.25, 0.3) is 0 Å². The monoisotopic (exact) mass is 535 g/mol. The van der Waals surface area contributed by atoms with E-state index in [0.717, 1.165) is 80.7 Å². The van der Waals surface area contributed by atoms with Crippen LogP contribution in [0.15, 0.2) is 59.4 Å². The molecule has 0 aliphatic carbocycles. The van der Waals surface area contributed by atoms with Gasteiger partial charge in [0.15, 0.2) is 10.9 Å². The standard InChI is InChI=1S/C28H36F3N3O2S/c1-4-17-36-18-9-8-10-21(3)19-25(32-5-2)26(35)12-7-6-11-24-20-33-27(37-24)34-23-15-13-22(14-16-23)28(29,30)31/h5,13-16,19-20H,3-4,6-12,17-18H2,1-2H3,(H,33,34)/b25-19-,32-5?. The molecule has 0 aliphatic heterocycles. The molecule has 2 aromatic rings. The van der Waals surface area contributed by atoms with E-state index in [0.29, 0.717) is 22.9 Å². The van der Waals surface area contributed by atoms with Crippen LogP contribution in [0.25, 0.3) is 0 Å². The molecule has 1 aromatic carbocycles. The number of aromatic nitrogens is 1. The number of hydrogen-bond donors (Lipinski definition) is 1. The molecular weight excluding hydrogens is 499 g/mol. The number of ether oxygens (including phenoxy) is 1. The number of allylic oxidation sites excluding steroid dienone is 3. The van der Waals surface area contributed by atoms with E-state index in [1.165, 1.54) is 23.5 Å². The minimum atomic E-state index is -4.36. The minimum Gasteiger partial charge on any atom is -0.381 e. The van der Waals surface area contributed by atoms with Gasteiger partial charge in [-0.25, -0.2) is 4.98 Å². The summed E-state index contributed by atoms with van der Waals surface area (Å²) in [5, 5.41) is 3.65. The van der Waals surface area contributed by atoms with Crippen LogP contribution in [-0.4, -0.2) is 30.2 Å². The number of carbonyl (C=O) groups is 1. The number of nitrogens with one attached hydrogen (secondary N) is 1. The number of alkyl halides is 3. The van der Waals surface area contributed by atoms with E-state index in [2.05, 4.69) is 28.8 Å². The lowest BCUT2D eigenvalue weighted by molar-refractivity contribution is -0.137. The molecular formula is C28H36F3N3O2S. The largest absolute Gasteiger partial charge is 0.416 e. The SMILES string of the molecule is C=C(/C=C(\N=CC)C(=O)CCCCc1cnc(Nc2ccc(C(F)(F)F)cc2)s1)CCCCOCCC. The summed E-state index contributed by atoms with van der Waals surface area (Å²) in [6.45, 7) is 9.48. The highest BCUT2D eigenvalue weighted by molar-refractivity contribution is 7.15. The maximum Gasteiger partial charge on any atom is 0.416 e. The summed E-state index contributed by atoms with van der Waals surface area (Å²) in [5.41, 5.74) is 1.19. The van der Waals surface area contributed by atoms with Crippen molar-refractivity contribution in [3.05, 3.63) is 64.8 Å². The molecule has 1 aromatic heterocycles. The van der Waals surface area contributed by atoms with Crippen LogP contribution in [0.1, 0.15) is 69.2 Å². The molecule has 5 nitrogen and oxygen atoms in total. The smallest absolute Gasteiger partial charge is 0.381 e. The van der Waals surface area contributed by atoms with E-state index in [9.17, 15) is 18.0 Å². The van der Waals surface area contributed by atoms with Crippen LogP contribution in [-0.2, 0) is 22.1 Å². The minimum absolute atomic E-state index is 0.000469. The fraction of sp³-hybridized carbons (Fsp3) is 0.464. The summed E-state index contributed by atoms with van der Waals surface area (Å²) in [6.07, 6.45) is 7.26. The third-order valence-electron chi connectivity index (χ3n) is 5.37. The predicted molar refractivity (Wildman–Crippen MR) is 146 cm³/mol. The number of halogens is 3. The zero-order chi connectivity index (χ0) is 27.1. The fourth-order valence-corrected chi connectivity index (χ4v) is 4.33. The van der Waals surface area contributed by atoms with Crippen molar-refractivity contribution < 1.29 is 22.7 Å². The van der Waals surface area contributed by atoms with Crippen molar-refractivity contribution in [2.75, 3.05) is 18.5 Å². The Morgan fingerprint density at radius 2 is 1.86 bits per heavy atom. The molecule has 0 radical (unpaired) electrons.